The second kappa shape index (κ2) is 7.53. The molecule has 0 saturated carbocycles. The van der Waals surface area contributed by atoms with Crippen LogP contribution in [0.25, 0.3) is 11.3 Å². The van der Waals surface area contributed by atoms with Crippen molar-refractivity contribution in [3.8, 4) is 11.3 Å². The SMILES string of the molecule is CCCCn1c(=O)ccn(Cc2cc(-c3ccc(Cl)cc3)no2)c1=O. The Balaban J connectivity index is 1.85. The van der Waals surface area contributed by atoms with Crippen LogP contribution in [0.5, 0.6) is 0 Å². The van der Waals surface area contributed by atoms with Gasteiger partial charge in [-0.1, -0.05) is 42.2 Å². The van der Waals surface area contributed by atoms with E-state index in [2.05, 4.69) is 5.16 Å². The van der Waals surface area contributed by atoms with Crippen molar-refractivity contribution >= 4 is 11.6 Å². The zero-order valence-corrected chi connectivity index (χ0v) is 14.6. The smallest absolute Gasteiger partial charge is 0.331 e. The fourth-order valence-corrected chi connectivity index (χ4v) is 2.64. The second-order valence-corrected chi connectivity index (χ2v) is 6.19. The highest BCUT2D eigenvalue weighted by Gasteiger charge is 2.10. The highest BCUT2D eigenvalue weighted by atomic mass is 35.5. The summed E-state index contributed by atoms with van der Waals surface area (Å²) in [6.07, 6.45) is 3.17. The molecule has 0 saturated heterocycles. The predicted octanol–water partition coefficient (Wildman–Crippen LogP) is 3.17. The topological polar surface area (TPSA) is 70.0 Å². The summed E-state index contributed by atoms with van der Waals surface area (Å²) in [5.41, 5.74) is 0.915. The minimum absolute atomic E-state index is 0.214. The first-order valence-electron chi connectivity index (χ1n) is 8.10. The minimum Gasteiger partial charge on any atom is -0.359 e. The summed E-state index contributed by atoms with van der Waals surface area (Å²) in [6.45, 7) is 2.65. The summed E-state index contributed by atoms with van der Waals surface area (Å²) in [6, 6.07) is 10.4. The third-order valence-corrected chi connectivity index (χ3v) is 4.15. The van der Waals surface area contributed by atoms with Gasteiger partial charge in [-0.05, 0) is 18.6 Å². The van der Waals surface area contributed by atoms with Gasteiger partial charge >= 0.3 is 5.69 Å². The zero-order valence-electron chi connectivity index (χ0n) is 13.8. The van der Waals surface area contributed by atoms with Crippen LogP contribution < -0.4 is 11.2 Å². The molecule has 3 aromatic rings. The number of aromatic nitrogens is 3. The molecule has 0 N–H and O–H groups in total. The molecule has 25 heavy (non-hydrogen) atoms. The lowest BCUT2D eigenvalue weighted by atomic mass is 10.1. The molecule has 0 unspecified atom stereocenters. The van der Waals surface area contributed by atoms with Crippen LogP contribution in [0, 0.1) is 0 Å². The first-order valence-corrected chi connectivity index (χ1v) is 8.48. The summed E-state index contributed by atoms with van der Waals surface area (Å²) in [4.78, 5) is 24.3. The van der Waals surface area contributed by atoms with Crippen LogP contribution in [0.3, 0.4) is 0 Å². The van der Waals surface area contributed by atoms with Crippen LogP contribution >= 0.6 is 11.6 Å². The van der Waals surface area contributed by atoms with E-state index in [1.54, 1.807) is 18.2 Å². The Morgan fingerprint density at radius 2 is 1.92 bits per heavy atom. The predicted molar refractivity (Wildman–Crippen MR) is 95.9 cm³/mol. The summed E-state index contributed by atoms with van der Waals surface area (Å²) in [5, 5.41) is 4.68. The second-order valence-electron chi connectivity index (χ2n) is 5.76. The standard InChI is InChI=1S/C18H18ClN3O3/c1-2-3-9-22-17(23)8-10-21(18(22)24)12-15-11-16(20-25-15)13-4-6-14(19)7-5-13/h4-8,10-11H,2-3,9,12H2,1H3. The van der Waals surface area contributed by atoms with Crippen molar-refractivity contribution in [2.75, 3.05) is 0 Å². The van der Waals surface area contributed by atoms with Crippen molar-refractivity contribution < 1.29 is 4.52 Å². The van der Waals surface area contributed by atoms with Gasteiger partial charge in [0.1, 0.15) is 5.69 Å². The maximum atomic E-state index is 12.5. The van der Waals surface area contributed by atoms with Crippen molar-refractivity contribution in [2.24, 2.45) is 0 Å². The normalized spacial score (nSPS) is 11.0. The van der Waals surface area contributed by atoms with Crippen LogP contribution in [0.1, 0.15) is 25.5 Å². The fourth-order valence-electron chi connectivity index (χ4n) is 2.51. The molecule has 3 rings (SSSR count). The van der Waals surface area contributed by atoms with Gasteiger partial charge in [-0.15, -0.1) is 0 Å². The average molecular weight is 360 g/mol. The van der Waals surface area contributed by atoms with E-state index in [1.165, 1.54) is 21.4 Å². The number of nitrogens with zero attached hydrogens (tertiary/aromatic N) is 3. The molecule has 0 fully saturated rings. The average Bonchev–Trinajstić information content (AvgIpc) is 3.07. The summed E-state index contributed by atoms with van der Waals surface area (Å²) < 4.78 is 8.03. The Kier molecular flexibility index (Phi) is 5.19. The quantitative estimate of drug-likeness (QED) is 0.677. The van der Waals surface area contributed by atoms with Crippen molar-refractivity contribution in [3.63, 3.8) is 0 Å². The van der Waals surface area contributed by atoms with E-state index in [0.717, 1.165) is 18.4 Å². The van der Waals surface area contributed by atoms with Gasteiger partial charge in [-0.3, -0.25) is 13.9 Å². The Bertz CT molecular complexity index is 970. The molecular formula is C18H18ClN3O3. The lowest BCUT2D eigenvalue weighted by Crippen LogP contribution is -2.39. The van der Waals surface area contributed by atoms with Crippen molar-refractivity contribution in [2.45, 2.75) is 32.9 Å². The number of unbranched alkanes of at least 4 members (excludes halogenated alkanes) is 1. The molecule has 0 bridgehead atoms. The van der Waals surface area contributed by atoms with Gasteiger partial charge < -0.3 is 4.52 Å². The van der Waals surface area contributed by atoms with Gasteiger partial charge in [-0.25, -0.2) is 4.79 Å². The first kappa shape index (κ1) is 17.2. The Morgan fingerprint density at radius 3 is 2.64 bits per heavy atom. The Labute approximate surface area is 149 Å². The number of halogens is 1. The first-order chi connectivity index (χ1) is 12.1. The molecule has 0 radical (unpaired) electrons. The lowest BCUT2D eigenvalue weighted by molar-refractivity contribution is 0.373. The lowest BCUT2D eigenvalue weighted by Gasteiger charge is -2.07. The molecule has 2 aromatic heterocycles. The van der Waals surface area contributed by atoms with E-state index in [4.69, 9.17) is 16.1 Å². The van der Waals surface area contributed by atoms with E-state index in [0.29, 0.717) is 23.0 Å². The molecule has 7 heteroatoms. The van der Waals surface area contributed by atoms with E-state index in [-0.39, 0.29) is 17.8 Å². The zero-order chi connectivity index (χ0) is 17.8. The Hall–Kier alpha value is -2.60. The van der Waals surface area contributed by atoms with Crippen molar-refractivity contribution in [3.05, 3.63) is 74.2 Å². The molecule has 1 aromatic carbocycles. The van der Waals surface area contributed by atoms with Crippen LogP contribution in [-0.2, 0) is 13.1 Å². The van der Waals surface area contributed by atoms with Crippen LogP contribution in [0.2, 0.25) is 5.02 Å². The molecule has 0 spiro atoms. The van der Waals surface area contributed by atoms with E-state index in [9.17, 15) is 9.59 Å². The van der Waals surface area contributed by atoms with Gasteiger partial charge in [0.2, 0.25) is 0 Å². The number of rotatable bonds is 6. The molecule has 0 atom stereocenters. The molecule has 0 aliphatic carbocycles. The van der Waals surface area contributed by atoms with Gasteiger partial charge in [0.25, 0.3) is 5.56 Å². The van der Waals surface area contributed by atoms with Gasteiger partial charge in [0.15, 0.2) is 5.76 Å². The number of benzene rings is 1. The maximum Gasteiger partial charge on any atom is 0.331 e. The van der Waals surface area contributed by atoms with E-state index in [1.807, 2.05) is 19.1 Å². The van der Waals surface area contributed by atoms with Crippen LogP contribution in [-0.4, -0.2) is 14.3 Å². The van der Waals surface area contributed by atoms with Gasteiger partial charge in [0, 0.05) is 35.5 Å². The number of hydrogen-bond donors (Lipinski definition) is 0. The summed E-state index contributed by atoms with van der Waals surface area (Å²) in [5.74, 6) is 0.535. The fraction of sp³-hybridized carbons (Fsp3) is 0.278. The Morgan fingerprint density at radius 1 is 1.16 bits per heavy atom. The highest BCUT2D eigenvalue weighted by molar-refractivity contribution is 6.30. The number of hydrogen-bond acceptors (Lipinski definition) is 4. The van der Waals surface area contributed by atoms with E-state index < -0.39 is 0 Å². The van der Waals surface area contributed by atoms with Crippen molar-refractivity contribution in [1.82, 2.24) is 14.3 Å². The molecule has 0 aliphatic heterocycles. The molecule has 0 aliphatic rings. The van der Waals surface area contributed by atoms with Gasteiger partial charge in [-0.2, -0.15) is 0 Å². The highest BCUT2D eigenvalue weighted by Crippen LogP contribution is 2.21. The monoisotopic (exact) mass is 359 g/mol. The minimum atomic E-state index is -0.342. The molecular weight excluding hydrogens is 342 g/mol. The van der Waals surface area contributed by atoms with E-state index >= 15 is 0 Å². The molecule has 0 amide bonds. The third kappa shape index (κ3) is 3.91. The third-order valence-electron chi connectivity index (χ3n) is 3.90. The van der Waals surface area contributed by atoms with Gasteiger partial charge in [0.05, 0.1) is 6.54 Å². The summed E-state index contributed by atoms with van der Waals surface area (Å²) in [7, 11) is 0. The van der Waals surface area contributed by atoms with Crippen LogP contribution in [0.4, 0.5) is 0 Å². The van der Waals surface area contributed by atoms with Crippen LogP contribution in [0.15, 0.2) is 56.7 Å². The molecule has 2 heterocycles. The maximum absolute atomic E-state index is 12.5. The largest absolute Gasteiger partial charge is 0.359 e. The molecule has 130 valence electrons. The summed E-state index contributed by atoms with van der Waals surface area (Å²) >= 11 is 5.88. The van der Waals surface area contributed by atoms with Crippen molar-refractivity contribution in [1.29, 1.82) is 0 Å². The molecule has 6 nitrogen and oxygen atoms in total.